The van der Waals surface area contributed by atoms with Gasteiger partial charge in [0.05, 0.1) is 13.2 Å². The standard InChI is InChI=1S/C30H31FN4O3/c1-20-17-23(9-10-24(20)29(36)35-11-2-3-12-35)32-30-33-27-6-4-5-25(28(27)38-30)21-7-8-22(26(31)18-21)19-34-13-15-37-16-14-34/h4-10,17-18H,2-3,11-16,19H2,1H3,(H,32,33). The molecule has 4 aromatic rings. The van der Waals surface area contributed by atoms with E-state index in [1.807, 2.05) is 60.4 Å². The maximum absolute atomic E-state index is 15.1. The van der Waals surface area contributed by atoms with Crippen LogP contribution >= 0.6 is 0 Å². The quantitative estimate of drug-likeness (QED) is 0.353. The van der Waals surface area contributed by atoms with Crippen LogP contribution in [0.25, 0.3) is 22.2 Å². The van der Waals surface area contributed by atoms with Crippen LogP contribution in [0.15, 0.2) is 59.0 Å². The third-order valence-electron chi connectivity index (χ3n) is 7.38. The molecular formula is C30H31FN4O3. The maximum atomic E-state index is 15.1. The lowest BCUT2D eigenvalue weighted by Gasteiger charge is -2.26. The van der Waals surface area contributed by atoms with E-state index in [4.69, 9.17) is 9.15 Å². The van der Waals surface area contributed by atoms with Crippen LogP contribution in [0.1, 0.15) is 34.3 Å². The number of aromatic nitrogens is 1. The summed E-state index contributed by atoms with van der Waals surface area (Å²) >= 11 is 0. The van der Waals surface area contributed by atoms with Crippen molar-refractivity contribution in [2.24, 2.45) is 0 Å². The van der Waals surface area contributed by atoms with E-state index in [1.54, 1.807) is 6.07 Å². The van der Waals surface area contributed by atoms with E-state index in [9.17, 15) is 4.79 Å². The maximum Gasteiger partial charge on any atom is 0.300 e. The van der Waals surface area contributed by atoms with Crippen molar-refractivity contribution in [3.63, 3.8) is 0 Å². The van der Waals surface area contributed by atoms with Crippen molar-refractivity contribution < 1.29 is 18.3 Å². The third kappa shape index (κ3) is 5.01. The summed E-state index contributed by atoms with van der Waals surface area (Å²) in [4.78, 5) is 21.5. The highest BCUT2D eigenvalue weighted by Crippen LogP contribution is 2.33. The Morgan fingerprint density at radius 1 is 1.03 bits per heavy atom. The molecule has 7 nitrogen and oxygen atoms in total. The minimum absolute atomic E-state index is 0.0845. The van der Waals surface area contributed by atoms with Gasteiger partial charge in [-0.15, -0.1) is 0 Å². The molecule has 1 aromatic heterocycles. The van der Waals surface area contributed by atoms with Gasteiger partial charge in [-0.05, 0) is 61.2 Å². The zero-order valence-electron chi connectivity index (χ0n) is 21.5. The predicted octanol–water partition coefficient (Wildman–Crippen LogP) is 5.75. The number of nitrogens with one attached hydrogen (secondary N) is 1. The van der Waals surface area contributed by atoms with Gasteiger partial charge in [-0.1, -0.05) is 24.3 Å². The highest BCUT2D eigenvalue weighted by molar-refractivity contribution is 5.96. The summed E-state index contributed by atoms with van der Waals surface area (Å²) < 4.78 is 26.6. The second-order valence-electron chi connectivity index (χ2n) is 10.0. The summed E-state index contributed by atoms with van der Waals surface area (Å²) in [6.45, 7) is 7.15. The Morgan fingerprint density at radius 3 is 2.61 bits per heavy atom. The van der Waals surface area contributed by atoms with E-state index in [-0.39, 0.29) is 11.7 Å². The molecule has 1 amide bonds. The van der Waals surface area contributed by atoms with Gasteiger partial charge in [0, 0.05) is 55.1 Å². The van der Waals surface area contributed by atoms with E-state index in [2.05, 4.69) is 15.2 Å². The summed E-state index contributed by atoms with van der Waals surface area (Å²) in [5, 5.41) is 3.22. The van der Waals surface area contributed by atoms with Gasteiger partial charge in [-0.3, -0.25) is 9.69 Å². The van der Waals surface area contributed by atoms with Crippen molar-refractivity contribution in [1.29, 1.82) is 0 Å². The summed E-state index contributed by atoms with van der Waals surface area (Å²) in [5.74, 6) is -0.149. The Kier molecular flexibility index (Phi) is 6.82. The van der Waals surface area contributed by atoms with Crippen LogP contribution in [-0.2, 0) is 11.3 Å². The Bertz CT molecular complexity index is 1470. The molecule has 3 heterocycles. The normalized spacial score (nSPS) is 16.3. The van der Waals surface area contributed by atoms with Gasteiger partial charge in [0.1, 0.15) is 11.3 Å². The number of benzene rings is 3. The Labute approximate surface area is 221 Å². The number of amides is 1. The van der Waals surface area contributed by atoms with Crippen LogP contribution in [-0.4, -0.2) is 60.1 Å². The van der Waals surface area contributed by atoms with Gasteiger partial charge in [0.2, 0.25) is 0 Å². The van der Waals surface area contributed by atoms with Gasteiger partial charge in [0.25, 0.3) is 11.9 Å². The van der Waals surface area contributed by atoms with Crippen LogP contribution in [0.3, 0.4) is 0 Å². The summed E-state index contributed by atoms with van der Waals surface area (Å²) in [5.41, 5.74) is 5.86. The van der Waals surface area contributed by atoms with Crippen LogP contribution in [0.5, 0.6) is 0 Å². The topological polar surface area (TPSA) is 70.8 Å². The zero-order valence-corrected chi connectivity index (χ0v) is 21.5. The minimum atomic E-state index is -0.233. The summed E-state index contributed by atoms with van der Waals surface area (Å²) in [6.07, 6.45) is 2.13. The molecule has 0 radical (unpaired) electrons. The van der Waals surface area contributed by atoms with Gasteiger partial charge in [-0.2, -0.15) is 4.98 Å². The molecule has 2 aliphatic heterocycles. The number of aryl methyl sites for hydroxylation is 1. The predicted molar refractivity (Wildman–Crippen MR) is 145 cm³/mol. The number of carbonyl (C=O) groups is 1. The molecule has 2 fully saturated rings. The SMILES string of the molecule is Cc1cc(Nc2nc3cccc(-c4ccc(CN5CCOCC5)c(F)c4)c3o2)ccc1C(=O)N1CCCC1. The molecule has 196 valence electrons. The number of anilines is 2. The molecule has 2 aliphatic rings. The van der Waals surface area contributed by atoms with Crippen molar-refractivity contribution in [2.45, 2.75) is 26.3 Å². The van der Waals surface area contributed by atoms with E-state index >= 15 is 4.39 Å². The average Bonchev–Trinajstić information content (AvgIpc) is 3.60. The second-order valence-corrected chi connectivity index (χ2v) is 10.0. The fourth-order valence-electron chi connectivity index (χ4n) is 5.27. The van der Waals surface area contributed by atoms with Crippen LogP contribution in [0, 0.1) is 12.7 Å². The fraction of sp³-hybridized carbons (Fsp3) is 0.333. The number of hydrogen-bond acceptors (Lipinski definition) is 6. The first-order chi connectivity index (χ1) is 18.5. The summed E-state index contributed by atoms with van der Waals surface area (Å²) in [7, 11) is 0. The van der Waals surface area contributed by atoms with Gasteiger partial charge < -0.3 is 19.4 Å². The molecule has 0 bridgehead atoms. The van der Waals surface area contributed by atoms with Crippen LogP contribution in [0.4, 0.5) is 16.1 Å². The monoisotopic (exact) mass is 514 g/mol. The lowest BCUT2D eigenvalue weighted by Crippen LogP contribution is -2.35. The van der Waals surface area contributed by atoms with Crippen molar-refractivity contribution >= 4 is 28.7 Å². The molecule has 2 saturated heterocycles. The largest absolute Gasteiger partial charge is 0.423 e. The molecule has 0 aliphatic carbocycles. The highest BCUT2D eigenvalue weighted by atomic mass is 19.1. The van der Waals surface area contributed by atoms with E-state index in [1.165, 1.54) is 0 Å². The van der Waals surface area contributed by atoms with Crippen LogP contribution in [0.2, 0.25) is 0 Å². The number of halogens is 1. The number of rotatable bonds is 6. The van der Waals surface area contributed by atoms with E-state index < -0.39 is 0 Å². The lowest BCUT2D eigenvalue weighted by molar-refractivity contribution is 0.0337. The van der Waals surface area contributed by atoms with Gasteiger partial charge >= 0.3 is 0 Å². The molecule has 1 N–H and O–H groups in total. The van der Waals surface area contributed by atoms with Crippen molar-refractivity contribution in [1.82, 2.24) is 14.8 Å². The number of hydrogen-bond donors (Lipinski definition) is 1. The first-order valence-corrected chi connectivity index (χ1v) is 13.2. The van der Waals surface area contributed by atoms with Gasteiger partial charge in [0.15, 0.2) is 5.58 Å². The van der Waals surface area contributed by atoms with Crippen molar-refractivity contribution in [3.8, 4) is 11.1 Å². The molecule has 0 saturated carbocycles. The molecular weight excluding hydrogens is 483 g/mol. The number of oxazole rings is 1. The van der Waals surface area contributed by atoms with Crippen LogP contribution < -0.4 is 5.32 Å². The fourth-order valence-corrected chi connectivity index (χ4v) is 5.27. The Morgan fingerprint density at radius 2 is 1.84 bits per heavy atom. The summed E-state index contributed by atoms with van der Waals surface area (Å²) in [6, 6.07) is 17.0. The molecule has 6 rings (SSSR count). The molecule has 3 aromatic carbocycles. The third-order valence-corrected chi connectivity index (χ3v) is 7.38. The van der Waals surface area contributed by atoms with Crippen molar-refractivity contribution in [3.05, 3.63) is 77.1 Å². The van der Waals surface area contributed by atoms with E-state index in [0.29, 0.717) is 42.4 Å². The number of likely N-dealkylation sites (tertiary alicyclic amines) is 1. The van der Waals surface area contributed by atoms with Crippen molar-refractivity contribution in [2.75, 3.05) is 44.7 Å². The number of para-hydroxylation sites is 1. The molecule has 0 atom stereocenters. The second kappa shape index (κ2) is 10.6. The Balaban J connectivity index is 1.22. The molecule has 0 unspecified atom stereocenters. The molecule has 0 spiro atoms. The molecule has 8 heteroatoms. The first kappa shape index (κ1) is 24.6. The van der Waals surface area contributed by atoms with Gasteiger partial charge in [-0.25, -0.2) is 4.39 Å². The molecule has 38 heavy (non-hydrogen) atoms. The number of ether oxygens (including phenoxy) is 1. The average molecular weight is 515 g/mol. The highest BCUT2D eigenvalue weighted by Gasteiger charge is 2.21. The van der Waals surface area contributed by atoms with E-state index in [0.717, 1.165) is 67.0 Å². The smallest absolute Gasteiger partial charge is 0.300 e. The Hall–Kier alpha value is -3.75. The number of nitrogens with zero attached hydrogens (tertiary/aromatic N) is 3. The number of carbonyl (C=O) groups excluding carboxylic acids is 1. The lowest BCUT2D eigenvalue weighted by atomic mass is 10.0. The first-order valence-electron chi connectivity index (χ1n) is 13.2. The zero-order chi connectivity index (χ0) is 26.1. The minimum Gasteiger partial charge on any atom is -0.423 e. The number of fused-ring (bicyclic) bond motifs is 1. The number of morpholine rings is 1.